The Hall–Kier alpha value is -1.86. The Morgan fingerprint density at radius 2 is 2.38 bits per heavy atom. The van der Waals surface area contributed by atoms with Crippen molar-refractivity contribution in [2.75, 3.05) is 5.88 Å². The van der Waals surface area contributed by atoms with Gasteiger partial charge in [0.15, 0.2) is 11.4 Å². The summed E-state index contributed by atoms with van der Waals surface area (Å²) in [5.41, 5.74) is 1.38. The van der Waals surface area contributed by atoms with E-state index in [2.05, 4.69) is 4.98 Å². The number of nitriles is 1. The highest BCUT2D eigenvalue weighted by Crippen LogP contribution is 2.21. The number of hydrogen-bond donors (Lipinski definition) is 0. The van der Waals surface area contributed by atoms with Crippen molar-refractivity contribution in [2.24, 2.45) is 0 Å². The molecule has 80 valence electrons. The van der Waals surface area contributed by atoms with Crippen molar-refractivity contribution < 1.29 is 9.21 Å². The first-order chi connectivity index (χ1) is 7.76. The van der Waals surface area contributed by atoms with Crippen LogP contribution in [-0.2, 0) is 6.42 Å². The summed E-state index contributed by atoms with van der Waals surface area (Å²) in [6.45, 7) is 0. The Morgan fingerprint density at radius 1 is 1.56 bits per heavy atom. The molecule has 0 radical (unpaired) electrons. The zero-order valence-electron chi connectivity index (χ0n) is 8.24. The predicted molar refractivity (Wildman–Crippen MR) is 58.4 cm³/mol. The molecular formula is C11H7ClN2O2. The number of carbonyl (C=O) groups is 1. The summed E-state index contributed by atoms with van der Waals surface area (Å²) in [6.07, 6.45) is 0.0865. The van der Waals surface area contributed by atoms with Gasteiger partial charge in [0.25, 0.3) is 0 Å². The van der Waals surface area contributed by atoms with Gasteiger partial charge in [-0.05, 0) is 12.1 Å². The summed E-state index contributed by atoms with van der Waals surface area (Å²) < 4.78 is 5.35. The van der Waals surface area contributed by atoms with Crippen LogP contribution < -0.4 is 0 Å². The lowest BCUT2D eigenvalue weighted by Crippen LogP contribution is -2.00. The zero-order valence-corrected chi connectivity index (χ0v) is 8.99. The topological polar surface area (TPSA) is 66.9 Å². The lowest BCUT2D eigenvalue weighted by atomic mass is 10.1. The smallest absolute Gasteiger partial charge is 0.209 e. The molecule has 5 heteroatoms. The first-order valence-corrected chi connectivity index (χ1v) is 5.14. The second kappa shape index (κ2) is 4.33. The maximum absolute atomic E-state index is 11.5. The van der Waals surface area contributed by atoms with E-state index < -0.39 is 0 Å². The van der Waals surface area contributed by atoms with E-state index in [0.29, 0.717) is 22.6 Å². The highest BCUT2D eigenvalue weighted by Gasteiger charge is 2.14. The number of aromatic nitrogens is 1. The SMILES string of the molecule is N#CCc1nc2cccc(C(=O)CCl)c2o1. The minimum Gasteiger partial charge on any atom is -0.439 e. The molecule has 4 nitrogen and oxygen atoms in total. The summed E-state index contributed by atoms with van der Waals surface area (Å²) in [6, 6.07) is 7.01. The van der Waals surface area contributed by atoms with Gasteiger partial charge in [-0.15, -0.1) is 11.6 Å². The number of alkyl halides is 1. The number of halogens is 1. The maximum Gasteiger partial charge on any atom is 0.209 e. The largest absolute Gasteiger partial charge is 0.439 e. The van der Waals surface area contributed by atoms with E-state index in [-0.39, 0.29) is 18.1 Å². The van der Waals surface area contributed by atoms with Crippen LogP contribution in [0.2, 0.25) is 0 Å². The number of rotatable bonds is 3. The molecule has 0 aliphatic heterocycles. The molecule has 0 spiro atoms. The Kier molecular flexibility index (Phi) is 2.88. The van der Waals surface area contributed by atoms with Gasteiger partial charge in [0, 0.05) is 0 Å². The van der Waals surface area contributed by atoms with Crippen LogP contribution in [0.25, 0.3) is 11.1 Å². The van der Waals surface area contributed by atoms with Crippen LogP contribution in [0.5, 0.6) is 0 Å². The summed E-state index contributed by atoms with van der Waals surface area (Å²) in [4.78, 5) is 15.6. The summed E-state index contributed by atoms with van der Waals surface area (Å²) in [5.74, 6) is -0.00725. The summed E-state index contributed by atoms with van der Waals surface area (Å²) in [7, 11) is 0. The molecule has 2 rings (SSSR count). The van der Waals surface area contributed by atoms with E-state index in [1.165, 1.54) is 0 Å². The third-order valence-corrected chi connectivity index (χ3v) is 2.35. The number of Topliss-reactive ketones (excluding diaryl/α,β-unsaturated/α-hetero) is 1. The Balaban J connectivity index is 2.59. The number of benzene rings is 1. The Bertz CT molecular complexity index is 583. The molecule has 0 aliphatic rings. The summed E-state index contributed by atoms with van der Waals surface area (Å²) in [5, 5.41) is 8.53. The van der Waals surface area contributed by atoms with Crippen LogP contribution in [0.15, 0.2) is 22.6 Å². The van der Waals surface area contributed by atoms with Gasteiger partial charge in [-0.2, -0.15) is 5.26 Å². The van der Waals surface area contributed by atoms with Gasteiger partial charge in [0.2, 0.25) is 5.89 Å². The van der Waals surface area contributed by atoms with Gasteiger partial charge in [-0.1, -0.05) is 6.07 Å². The molecule has 0 amide bonds. The standard InChI is InChI=1S/C11H7ClN2O2/c12-6-9(15)7-2-1-3-8-11(7)16-10(14-8)4-5-13/h1-3H,4,6H2. The van der Waals surface area contributed by atoms with Crippen LogP contribution in [-0.4, -0.2) is 16.6 Å². The van der Waals surface area contributed by atoms with Crippen molar-refractivity contribution in [2.45, 2.75) is 6.42 Å². The second-order valence-corrected chi connectivity index (χ2v) is 3.42. The quantitative estimate of drug-likeness (QED) is 0.604. The average Bonchev–Trinajstić information content (AvgIpc) is 2.70. The van der Waals surface area contributed by atoms with E-state index in [0.717, 1.165) is 0 Å². The monoisotopic (exact) mass is 234 g/mol. The van der Waals surface area contributed by atoms with Crippen molar-refractivity contribution in [3.05, 3.63) is 29.7 Å². The van der Waals surface area contributed by atoms with Crippen LogP contribution in [0.4, 0.5) is 0 Å². The molecule has 0 saturated carbocycles. The fourth-order valence-corrected chi connectivity index (χ4v) is 1.57. The van der Waals surface area contributed by atoms with Crippen LogP contribution in [0.3, 0.4) is 0 Å². The molecule has 2 aromatic rings. The van der Waals surface area contributed by atoms with Gasteiger partial charge in [0.1, 0.15) is 11.9 Å². The molecule has 0 fully saturated rings. The molecule has 16 heavy (non-hydrogen) atoms. The van der Waals surface area contributed by atoms with Gasteiger partial charge in [-0.25, -0.2) is 4.98 Å². The Morgan fingerprint density at radius 3 is 3.06 bits per heavy atom. The summed E-state index contributed by atoms with van der Waals surface area (Å²) >= 11 is 5.49. The van der Waals surface area contributed by atoms with E-state index in [9.17, 15) is 4.79 Å². The normalized spacial score (nSPS) is 10.2. The number of nitrogens with zero attached hydrogens (tertiary/aromatic N) is 2. The minimum atomic E-state index is -0.216. The Labute approximate surface area is 96.4 Å². The maximum atomic E-state index is 11.5. The van der Waals surface area contributed by atoms with Crippen molar-refractivity contribution in [3.8, 4) is 6.07 Å². The molecular weight excluding hydrogens is 228 g/mol. The van der Waals surface area contributed by atoms with Crippen molar-refractivity contribution in [3.63, 3.8) is 0 Å². The molecule has 0 bridgehead atoms. The molecule has 1 aromatic carbocycles. The lowest BCUT2D eigenvalue weighted by molar-refractivity contribution is 0.102. The van der Waals surface area contributed by atoms with Gasteiger partial charge < -0.3 is 4.42 Å². The number of carbonyl (C=O) groups excluding carboxylic acids is 1. The molecule has 1 aromatic heterocycles. The third kappa shape index (κ3) is 1.77. The predicted octanol–water partition coefficient (Wildman–Crippen LogP) is 2.32. The van der Waals surface area contributed by atoms with E-state index in [1.54, 1.807) is 18.2 Å². The molecule has 0 saturated heterocycles. The number of hydrogen-bond acceptors (Lipinski definition) is 4. The van der Waals surface area contributed by atoms with Gasteiger partial charge >= 0.3 is 0 Å². The third-order valence-electron chi connectivity index (χ3n) is 2.11. The number of oxazole rings is 1. The van der Waals surface area contributed by atoms with Gasteiger partial charge in [-0.3, -0.25) is 4.79 Å². The average molecular weight is 235 g/mol. The van der Waals surface area contributed by atoms with E-state index >= 15 is 0 Å². The first-order valence-electron chi connectivity index (χ1n) is 4.61. The van der Waals surface area contributed by atoms with E-state index in [4.69, 9.17) is 21.3 Å². The lowest BCUT2D eigenvalue weighted by Gasteiger charge is -1.95. The second-order valence-electron chi connectivity index (χ2n) is 3.15. The molecule has 1 heterocycles. The fraction of sp³-hybridized carbons (Fsp3) is 0.182. The molecule has 0 atom stereocenters. The van der Waals surface area contributed by atoms with Gasteiger partial charge in [0.05, 0.1) is 17.5 Å². The van der Waals surface area contributed by atoms with E-state index in [1.807, 2.05) is 6.07 Å². The van der Waals surface area contributed by atoms with Crippen molar-refractivity contribution >= 4 is 28.5 Å². The number of fused-ring (bicyclic) bond motifs is 1. The zero-order chi connectivity index (χ0) is 11.5. The first kappa shape index (κ1) is 10.7. The molecule has 0 N–H and O–H groups in total. The van der Waals surface area contributed by atoms with Crippen LogP contribution >= 0.6 is 11.6 Å². The molecule has 0 unspecified atom stereocenters. The number of ketones is 1. The van der Waals surface area contributed by atoms with Crippen molar-refractivity contribution in [1.29, 1.82) is 5.26 Å². The highest BCUT2D eigenvalue weighted by atomic mass is 35.5. The van der Waals surface area contributed by atoms with Crippen LogP contribution in [0, 0.1) is 11.3 Å². The van der Waals surface area contributed by atoms with Crippen molar-refractivity contribution in [1.82, 2.24) is 4.98 Å². The minimum absolute atomic E-state index is 0.0865. The number of para-hydroxylation sites is 1. The fourth-order valence-electron chi connectivity index (χ4n) is 1.43. The van der Waals surface area contributed by atoms with Crippen LogP contribution in [0.1, 0.15) is 16.2 Å². The molecule has 0 aliphatic carbocycles. The highest BCUT2D eigenvalue weighted by molar-refractivity contribution is 6.31.